The Morgan fingerprint density at radius 1 is 1.60 bits per heavy atom. The Morgan fingerprint density at radius 2 is 2.30 bits per heavy atom. The number of esters is 1. The molecule has 0 aliphatic heterocycles. The van der Waals surface area contributed by atoms with Crippen LogP contribution in [0.5, 0.6) is 0 Å². The molecule has 0 spiro atoms. The second kappa shape index (κ2) is 6.07. The van der Waals surface area contributed by atoms with Gasteiger partial charge >= 0.3 is 12.4 Å². The van der Waals surface area contributed by atoms with Crippen molar-refractivity contribution in [3.8, 4) is 0 Å². The predicted molar refractivity (Wildman–Crippen MR) is 32.9 cm³/mol. The fraction of sp³-hybridized carbons (Fsp3) is 0.667. The molecule has 0 heterocycles. The van der Waals surface area contributed by atoms with Crippen LogP contribution in [0.3, 0.4) is 0 Å². The van der Waals surface area contributed by atoms with Crippen LogP contribution in [0.4, 0.5) is 0 Å². The third kappa shape index (κ3) is 5.08. The van der Waals surface area contributed by atoms with E-state index >= 15 is 0 Å². The van der Waals surface area contributed by atoms with E-state index < -0.39 is 0 Å². The fourth-order valence-corrected chi connectivity index (χ4v) is 0.432. The summed E-state index contributed by atoms with van der Waals surface area (Å²) in [4.78, 5) is 19.9. The number of hydrogen-bond donors (Lipinski definition) is 0. The van der Waals surface area contributed by atoms with E-state index in [0.717, 1.165) is 0 Å². The van der Waals surface area contributed by atoms with Gasteiger partial charge < -0.3 is 9.47 Å². The first kappa shape index (κ1) is 8.94. The summed E-state index contributed by atoms with van der Waals surface area (Å²) >= 11 is 0. The zero-order chi connectivity index (χ0) is 7.82. The smallest absolute Gasteiger partial charge is 0.417 e. The van der Waals surface area contributed by atoms with Gasteiger partial charge in [0.1, 0.15) is 0 Å². The first-order chi connectivity index (χ1) is 4.81. The first-order valence-corrected chi connectivity index (χ1v) is 2.87. The second-order valence-corrected chi connectivity index (χ2v) is 1.61. The van der Waals surface area contributed by atoms with Crippen LogP contribution >= 0.6 is 0 Å². The predicted octanol–water partition coefficient (Wildman–Crippen LogP) is 0.0234. The molecular formula is C6H9O4. The highest BCUT2D eigenvalue weighted by Crippen LogP contribution is 1.90. The zero-order valence-corrected chi connectivity index (χ0v) is 5.75. The average molecular weight is 145 g/mol. The van der Waals surface area contributed by atoms with Crippen LogP contribution in [-0.2, 0) is 19.1 Å². The summed E-state index contributed by atoms with van der Waals surface area (Å²) in [6, 6.07) is 0. The Hall–Kier alpha value is -1.06. The second-order valence-electron chi connectivity index (χ2n) is 1.61. The minimum Gasteiger partial charge on any atom is -0.469 e. The average Bonchev–Trinajstić information content (AvgIpc) is 1.98. The molecule has 4 nitrogen and oxygen atoms in total. The molecule has 0 N–H and O–H groups in total. The van der Waals surface area contributed by atoms with Gasteiger partial charge in [0, 0.05) is 6.42 Å². The monoisotopic (exact) mass is 145 g/mol. The highest BCUT2D eigenvalue weighted by Gasteiger charge is 1.98. The summed E-state index contributed by atoms with van der Waals surface area (Å²) in [6.45, 7) is 1.48. The lowest BCUT2D eigenvalue weighted by Gasteiger charge is -1.96. The molecule has 0 aliphatic rings. The summed E-state index contributed by atoms with van der Waals surface area (Å²) in [5, 5.41) is 0. The Balaban J connectivity index is 3.03. The maximum Gasteiger partial charge on any atom is 0.417 e. The summed E-state index contributed by atoms with van der Waals surface area (Å²) in [5.74, 6) is -0.297. The summed E-state index contributed by atoms with van der Waals surface area (Å²) in [6.07, 6.45) is 0.764. The molecule has 0 atom stereocenters. The van der Waals surface area contributed by atoms with Gasteiger partial charge in [-0.3, -0.25) is 4.79 Å². The van der Waals surface area contributed by atoms with Crippen molar-refractivity contribution in [3.05, 3.63) is 0 Å². The normalized spacial score (nSPS) is 8.50. The molecule has 0 saturated carbocycles. The fourth-order valence-electron chi connectivity index (χ4n) is 0.432. The standard InChI is InChI=1S/C6H9O4/c1-9-6(8)3-2-4-10-5-7/h2-4H2,1H3. The number of carbonyl (C=O) groups excluding carboxylic acids is 2. The number of hydrogen-bond acceptors (Lipinski definition) is 4. The van der Waals surface area contributed by atoms with Crippen LogP contribution in [0.2, 0.25) is 0 Å². The van der Waals surface area contributed by atoms with Gasteiger partial charge in [-0.05, 0) is 6.42 Å². The van der Waals surface area contributed by atoms with Crippen LogP contribution in [0, 0.1) is 0 Å². The molecule has 0 fully saturated rings. The van der Waals surface area contributed by atoms with Crippen molar-refractivity contribution in [1.29, 1.82) is 0 Å². The molecule has 4 heteroatoms. The van der Waals surface area contributed by atoms with E-state index in [4.69, 9.17) is 0 Å². The van der Waals surface area contributed by atoms with Crippen LogP contribution < -0.4 is 0 Å². The molecule has 0 saturated heterocycles. The van der Waals surface area contributed by atoms with E-state index in [-0.39, 0.29) is 19.0 Å². The van der Waals surface area contributed by atoms with E-state index in [1.165, 1.54) is 13.6 Å². The van der Waals surface area contributed by atoms with Crippen molar-refractivity contribution in [2.24, 2.45) is 0 Å². The number of methoxy groups -OCH3 is 1. The van der Waals surface area contributed by atoms with E-state index in [2.05, 4.69) is 9.47 Å². The molecular weight excluding hydrogens is 136 g/mol. The molecule has 0 aromatic heterocycles. The topological polar surface area (TPSA) is 52.6 Å². The highest BCUT2D eigenvalue weighted by molar-refractivity contribution is 5.69. The molecule has 10 heavy (non-hydrogen) atoms. The molecule has 0 aliphatic carbocycles. The van der Waals surface area contributed by atoms with Crippen molar-refractivity contribution >= 4 is 12.4 Å². The van der Waals surface area contributed by atoms with E-state index in [1.807, 2.05) is 0 Å². The number of carbonyl (C=O) groups is 1. The lowest BCUT2D eigenvalue weighted by molar-refractivity contribution is -0.140. The Labute approximate surface area is 59.1 Å². The largest absolute Gasteiger partial charge is 0.469 e. The van der Waals surface area contributed by atoms with Crippen molar-refractivity contribution in [1.82, 2.24) is 0 Å². The Morgan fingerprint density at radius 3 is 2.80 bits per heavy atom. The minimum atomic E-state index is -0.297. The van der Waals surface area contributed by atoms with Crippen LogP contribution in [-0.4, -0.2) is 26.2 Å². The van der Waals surface area contributed by atoms with Crippen molar-refractivity contribution < 1.29 is 19.1 Å². The molecule has 0 unspecified atom stereocenters. The Kier molecular flexibility index (Phi) is 5.42. The Bertz CT molecular complexity index is 110. The lowest BCUT2D eigenvalue weighted by Crippen LogP contribution is -2.02. The molecule has 0 aromatic rings. The van der Waals surface area contributed by atoms with E-state index in [0.29, 0.717) is 6.42 Å². The van der Waals surface area contributed by atoms with Crippen molar-refractivity contribution in [2.75, 3.05) is 13.7 Å². The first-order valence-electron chi connectivity index (χ1n) is 2.87. The lowest BCUT2D eigenvalue weighted by atomic mass is 10.3. The third-order valence-corrected chi connectivity index (χ3v) is 0.914. The van der Waals surface area contributed by atoms with Crippen LogP contribution in [0.25, 0.3) is 0 Å². The maximum atomic E-state index is 10.4. The molecule has 0 amide bonds. The number of rotatable bonds is 5. The van der Waals surface area contributed by atoms with Gasteiger partial charge in [0.25, 0.3) is 0 Å². The highest BCUT2D eigenvalue weighted by atomic mass is 16.5. The molecule has 0 aromatic carbocycles. The molecule has 0 bridgehead atoms. The number of ether oxygens (including phenoxy) is 2. The van der Waals surface area contributed by atoms with Gasteiger partial charge in [-0.25, -0.2) is 4.79 Å². The maximum absolute atomic E-state index is 10.4. The summed E-state index contributed by atoms with van der Waals surface area (Å²) in [7, 11) is 1.31. The summed E-state index contributed by atoms with van der Waals surface area (Å²) in [5.41, 5.74) is 0. The van der Waals surface area contributed by atoms with Crippen LogP contribution in [0.15, 0.2) is 0 Å². The quantitative estimate of drug-likeness (QED) is 0.404. The summed E-state index contributed by atoms with van der Waals surface area (Å²) < 4.78 is 8.55. The molecule has 57 valence electrons. The van der Waals surface area contributed by atoms with E-state index in [1.54, 1.807) is 0 Å². The minimum absolute atomic E-state index is 0.221. The molecule has 1 radical (unpaired) electrons. The zero-order valence-electron chi connectivity index (χ0n) is 5.75. The molecule has 0 rings (SSSR count). The van der Waals surface area contributed by atoms with E-state index in [9.17, 15) is 9.59 Å². The van der Waals surface area contributed by atoms with Crippen LogP contribution in [0.1, 0.15) is 12.8 Å². The van der Waals surface area contributed by atoms with Gasteiger partial charge in [-0.2, -0.15) is 0 Å². The third-order valence-electron chi connectivity index (χ3n) is 0.914. The van der Waals surface area contributed by atoms with Gasteiger partial charge in [0.05, 0.1) is 13.7 Å². The van der Waals surface area contributed by atoms with Gasteiger partial charge in [0.15, 0.2) is 0 Å². The van der Waals surface area contributed by atoms with Gasteiger partial charge in [-0.1, -0.05) is 0 Å². The SMILES string of the molecule is COC(=O)CCCO[C]=O. The van der Waals surface area contributed by atoms with Gasteiger partial charge in [0.2, 0.25) is 0 Å². The van der Waals surface area contributed by atoms with Gasteiger partial charge in [-0.15, -0.1) is 0 Å². The van der Waals surface area contributed by atoms with Crippen molar-refractivity contribution in [3.63, 3.8) is 0 Å². The van der Waals surface area contributed by atoms with Crippen molar-refractivity contribution in [2.45, 2.75) is 12.8 Å².